The maximum absolute atomic E-state index is 12.4. The molecule has 1 N–H and O–H groups in total. The third kappa shape index (κ3) is 2.69. The summed E-state index contributed by atoms with van der Waals surface area (Å²) in [4.78, 5) is 16.3. The first-order valence-corrected chi connectivity index (χ1v) is 8.59. The van der Waals surface area contributed by atoms with Crippen LogP contribution in [0.15, 0.2) is 24.4 Å². The van der Waals surface area contributed by atoms with Gasteiger partial charge in [-0.3, -0.25) is 9.89 Å². The summed E-state index contributed by atoms with van der Waals surface area (Å²) in [5.41, 5.74) is 1.10. The highest BCUT2D eigenvalue weighted by atomic mass is 16.2. The van der Waals surface area contributed by atoms with Crippen molar-refractivity contribution in [3.63, 3.8) is 0 Å². The van der Waals surface area contributed by atoms with Crippen LogP contribution in [0.5, 0.6) is 0 Å². The number of carbonyl (C=O) groups is 1. The lowest BCUT2D eigenvalue weighted by molar-refractivity contribution is 0.0699. The summed E-state index contributed by atoms with van der Waals surface area (Å²) in [7, 11) is 1.82. The maximum Gasteiger partial charge on any atom is 0.271 e. The van der Waals surface area contributed by atoms with Crippen molar-refractivity contribution in [2.24, 2.45) is 0 Å². The SMILES string of the molecule is CN(C(=O)c1ccn[nH]1)C1CN(c2ccc3nnc(C(C)(C)C)n3n2)C1. The van der Waals surface area contributed by atoms with Crippen LogP contribution >= 0.6 is 0 Å². The summed E-state index contributed by atoms with van der Waals surface area (Å²) >= 11 is 0. The average Bonchev–Trinajstić information content (AvgIpc) is 3.21. The van der Waals surface area contributed by atoms with Crippen LogP contribution in [0, 0.1) is 0 Å². The van der Waals surface area contributed by atoms with Gasteiger partial charge in [0.25, 0.3) is 5.91 Å². The molecule has 1 aliphatic rings. The number of hydrogen-bond acceptors (Lipinski definition) is 6. The molecule has 0 atom stereocenters. The van der Waals surface area contributed by atoms with Crippen LogP contribution in [-0.2, 0) is 5.41 Å². The Morgan fingerprint density at radius 3 is 2.65 bits per heavy atom. The maximum atomic E-state index is 12.4. The lowest BCUT2D eigenvalue weighted by atomic mass is 9.96. The van der Waals surface area contributed by atoms with Gasteiger partial charge >= 0.3 is 0 Å². The summed E-state index contributed by atoms with van der Waals surface area (Å²) in [5.74, 6) is 1.64. The number of aromatic nitrogens is 6. The summed E-state index contributed by atoms with van der Waals surface area (Å²) in [5, 5.41) is 19.7. The summed E-state index contributed by atoms with van der Waals surface area (Å²) in [6.45, 7) is 7.75. The van der Waals surface area contributed by atoms with Gasteiger partial charge in [0.15, 0.2) is 11.5 Å². The quantitative estimate of drug-likeness (QED) is 0.757. The Balaban J connectivity index is 1.49. The van der Waals surface area contributed by atoms with E-state index >= 15 is 0 Å². The van der Waals surface area contributed by atoms with Crippen LogP contribution in [0.2, 0.25) is 0 Å². The number of rotatable bonds is 3. The van der Waals surface area contributed by atoms with Crippen molar-refractivity contribution in [3.05, 3.63) is 35.9 Å². The molecule has 0 radical (unpaired) electrons. The molecule has 136 valence electrons. The highest BCUT2D eigenvalue weighted by Crippen LogP contribution is 2.25. The zero-order chi connectivity index (χ0) is 18.5. The topological polar surface area (TPSA) is 95.3 Å². The minimum absolute atomic E-state index is 0.0515. The van der Waals surface area contributed by atoms with Crippen LogP contribution in [0.25, 0.3) is 5.65 Å². The first kappa shape index (κ1) is 16.5. The Morgan fingerprint density at radius 2 is 2.00 bits per heavy atom. The molecule has 26 heavy (non-hydrogen) atoms. The van der Waals surface area contributed by atoms with E-state index in [1.165, 1.54) is 0 Å². The van der Waals surface area contributed by atoms with E-state index in [4.69, 9.17) is 5.10 Å². The van der Waals surface area contributed by atoms with Crippen LogP contribution in [0.3, 0.4) is 0 Å². The smallest absolute Gasteiger partial charge is 0.271 e. The molecule has 1 saturated heterocycles. The van der Waals surface area contributed by atoms with Gasteiger partial charge in [-0.25, -0.2) is 0 Å². The number of anilines is 1. The fourth-order valence-electron chi connectivity index (χ4n) is 3.03. The Labute approximate surface area is 151 Å². The van der Waals surface area contributed by atoms with E-state index in [9.17, 15) is 4.79 Å². The predicted molar refractivity (Wildman–Crippen MR) is 96.2 cm³/mol. The normalized spacial score (nSPS) is 15.3. The molecule has 1 aliphatic heterocycles. The number of nitrogens with zero attached hydrogens (tertiary/aromatic N) is 7. The lowest BCUT2D eigenvalue weighted by Crippen LogP contribution is -2.60. The molecular formula is C17H22N8O. The van der Waals surface area contributed by atoms with Crippen molar-refractivity contribution in [1.29, 1.82) is 0 Å². The molecule has 0 aliphatic carbocycles. The third-order valence-electron chi connectivity index (χ3n) is 4.71. The molecule has 1 amide bonds. The molecule has 0 aromatic carbocycles. The second-order valence-electron chi connectivity index (χ2n) is 7.68. The summed E-state index contributed by atoms with van der Waals surface area (Å²) in [6, 6.07) is 5.71. The Morgan fingerprint density at radius 1 is 1.23 bits per heavy atom. The minimum atomic E-state index is -0.140. The van der Waals surface area contributed by atoms with Crippen LogP contribution in [0.1, 0.15) is 37.1 Å². The van der Waals surface area contributed by atoms with E-state index in [0.717, 1.165) is 30.4 Å². The highest BCUT2D eigenvalue weighted by Gasteiger charge is 2.34. The second-order valence-corrected chi connectivity index (χ2v) is 7.68. The monoisotopic (exact) mass is 354 g/mol. The standard InChI is InChI=1S/C17H22N8O/c1-17(2,3)16-21-20-13-5-6-14(22-25(13)16)24-9-11(10-24)23(4)15(26)12-7-8-18-19-12/h5-8,11H,9-10H2,1-4H3,(H,18,19). The zero-order valence-electron chi connectivity index (χ0n) is 15.3. The number of hydrogen-bond donors (Lipinski definition) is 1. The van der Waals surface area contributed by atoms with Crippen molar-refractivity contribution < 1.29 is 4.79 Å². The van der Waals surface area contributed by atoms with Gasteiger partial charge in [-0.05, 0) is 18.2 Å². The number of aromatic amines is 1. The van der Waals surface area contributed by atoms with Crippen molar-refractivity contribution >= 4 is 17.4 Å². The number of amides is 1. The number of fused-ring (bicyclic) bond motifs is 1. The highest BCUT2D eigenvalue weighted by molar-refractivity contribution is 5.92. The summed E-state index contributed by atoms with van der Waals surface area (Å²) in [6.07, 6.45) is 1.58. The second kappa shape index (κ2) is 5.79. The molecule has 0 spiro atoms. The molecule has 3 aromatic heterocycles. The predicted octanol–water partition coefficient (Wildman–Crippen LogP) is 1.11. The first-order chi connectivity index (χ1) is 12.3. The molecule has 0 unspecified atom stereocenters. The van der Waals surface area contributed by atoms with Gasteiger partial charge in [-0.2, -0.15) is 9.61 Å². The van der Waals surface area contributed by atoms with Gasteiger partial charge in [0.2, 0.25) is 0 Å². The van der Waals surface area contributed by atoms with Crippen molar-refractivity contribution in [2.75, 3.05) is 25.0 Å². The lowest BCUT2D eigenvalue weighted by Gasteiger charge is -2.44. The number of carbonyl (C=O) groups excluding carboxylic acids is 1. The van der Waals surface area contributed by atoms with Gasteiger partial charge in [0.1, 0.15) is 11.5 Å². The Bertz CT molecular complexity index is 933. The molecule has 4 rings (SSSR count). The number of likely N-dealkylation sites (N-methyl/N-ethyl adjacent to an activating group) is 1. The largest absolute Gasteiger partial charge is 0.351 e. The van der Waals surface area contributed by atoms with E-state index < -0.39 is 0 Å². The molecular weight excluding hydrogens is 332 g/mol. The van der Waals surface area contributed by atoms with E-state index in [2.05, 4.69) is 46.1 Å². The molecule has 0 saturated carbocycles. The Kier molecular flexibility index (Phi) is 3.67. The molecule has 4 heterocycles. The average molecular weight is 354 g/mol. The van der Waals surface area contributed by atoms with E-state index in [0.29, 0.717) is 5.69 Å². The number of H-pyrrole nitrogens is 1. The van der Waals surface area contributed by atoms with Gasteiger partial charge in [0.05, 0.1) is 6.04 Å². The van der Waals surface area contributed by atoms with E-state index in [1.54, 1.807) is 17.2 Å². The summed E-state index contributed by atoms with van der Waals surface area (Å²) < 4.78 is 1.81. The molecule has 9 nitrogen and oxygen atoms in total. The van der Waals surface area contributed by atoms with Crippen LogP contribution in [-0.4, -0.2) is 67.0 Å². The van der Waals surface area contributed by atoms with Crippen molar-refractivity contribution in [2.45, 2.75) is 32.2 Å². The van der Waals surface area contributed by atoms with Crippen LogP contribution < -0.4 is 4.90 Å². The number of nitrogens with one attached hydrogen (secondary N) is 1. The fraction of sp³-hybridized carbons (Fsp3) is 0.471. The minimum Gasteiger partial charge on any atom is -0.351 e. The molecule has 3 aromatic rings. The molecule has 9 heteroatoms. The van der Waals surface area contributed by atoms with Gasteiger partial charge in [-0.15, -0.1) is 15.3 Å². The first-order valence-electron chi connectivity index (χ1n) is 8.59. The van der Waals surface area contributed by atoms with Gasteiger partial charge in [-0.1, -0.05) is 20.8 Å². The van der Waals surface area contributed by atoms with Crippen LogP contribution in [0.4, 0.5) is 5.82 Å². The van der Waals surface area contributed by atoms with Gasteiger partial charge in [0, 0.05) is 31.7 Å². The van der Waals surface area contributed by atoms with Crippen molar-refractivity contribution in [3.8, 4) is 0 Å². The van der Waals surface area contributed by atoms with Gasteiger partial charge < -0.3 is 9.80 Å². The third-order valence-corrected chi connectivity index (χ3v) is 4.71. The fourth-order valence-corrected chi connectivity index (χ4v) is 3.03. The zero-order valence-corrected chi connectivity index (χ0v) is 15.3. The van der Waals surface area contributed by atoms with E-state index in [1.807, 2.05) is 23.7 Å². The molecule has 1 fully saturated rings. The molecule has 0 bridgehead atoms. The van der Waals surface area contributed by atoms with E-state index in [-0.39, 0.29) is 17.4 Å². The Hall–Kier alpha value is -2.97. The van der Waals surface area contributed by atoms with Crippen molar-refractivity contribution in [1.82, 2.24) is 34.9 Å².